The standard InChI is InChI=1S/C15H19N3S/c1-2-4-15(5-3-1)19-9-8-18-12-13(11-17-18)10-16-14-6-7-14/h1-5,11-12,14,16H,6-10H2. The van der Waals surface area contributed by atoms with Gasteiger partial charge in [0.25, 0.3) is 0 Å². The molecular weight excluding hydrogens is 254 g/mol. The van der Waals surface area contributed by atoms with E-state index in [-0.39, 0.29) is 0 Å². The quantitative estimate of drug-likeness (QED) is 0.787. The van der Waals surface area contributed by atoms with Crippen molar-refractivity contribution in [3.05, 3.63) is 48.3 Å². The molecule has 0 unspecified atom stereocenters. The minimum absolute atomic E-state index is 0.761. The number of rotatable bonds is 7. The van der Waals surface area contributed by atoms with Crippen molar-refractivity contribution in [2.24, 2.45) is 0 Å². The Kier molecular flexibility index (Phi) is 4.20. The number of nitrogens with zero attached hydrogens (tertiary/aromatic N) is 2. The van der Waals surface area contributed by atoms with E-state index in [1.54, 1.807) is 0 Å². The molecule has 0 bridgehead atoms. The number of hydrogen-bond donors (Lipinski definition) is 1. The van der Waals surface area contributed by atoms with Crippen molar-refractivity contribution in [2.45, 2.75) is 36.9 Å². The van der Waals surface area contributed by atoms with Gasteiger partial charge in [0.1, 0.15) is 0 Å². The van der Waals surface area contributed by atoms with E-state index in [2.05, 4.69) is 46.9 Å². The molecule has 0 saturated heterocycles. The van der Waals surface area contributed by atoms with Crippen LogP contribution in [0.25, 0.3) is 0 Å². The lowest BCUT2D eigenvalue weighted by Gasteiger charge is -2.02. The van der Waals surface area contributed by atoms with Crippen molar-refractivity contribution in [1.29, 1.82) is 0 Å². The van der Waals surface area contributed by atoms with Gasteiger partial charge in [0.05, 0.1) is 12.7 Å². The molecule has 19 heavy (non-hydrogen) atoms. The number of aryl methyl sites for hydroxylation is 1. The molecule has 0 spiro atoms. The van der Waals surface area contributed by atoms with Gasteiger partial charge in [-0.2, -0.15) is 5.10 Å². The molecular formula is C15H19N3S. The summed E-state index contributed by atoms with van der Waals surface area (Å²) in [6, 6.07) is 11.3. The second-order valence-electron chi connectivity index (χ2n) is 4.93. The van der Waals surface area contributed by atoms with Gasteiger partial charge in [-0.15, -0.1) is 11.8 Å². The van der Waals surface area contributed by atoms with E-state index >= 15 is 0 Å². The fourth-order valence-corrected chi connectivity index (χ4v) is 2.81. The molecule has 3 rings (SSSR count). The normalized spacial score (nSPS) is 14.7. The Hall–Kier alpha value is -1.26. The zero-order valence-corrected chi connectivity index (χ0v) is 11.8. The monoisotopic (exact) mass is 273 g/mol. The summed E-state index contributed by atoms with van der Waals surface area (Å²) in [6.07, 6.45) is 6.80. The van der Waals surface area contributed by atoms with Crippen LogP contribution in [0.5, 0.6) is 0 Å². The molecule has 1 aliphatic carbocycles. The maximum Gasteiger partial charge on any atom is 0.0534 e. The van der Waals surface area contributed by atoms with Crippen molar-refractivity contribution in [3.63, 3.8) is 0 Å². The lowest BCUT2D eigenvalue weighted by Crippen LogP contribution is -2.14. The second kappa shape index (κ2) is 6.26. The summed E-state index contributed by atoms with van der Waals surface area (Å²) in [5, 5.41) is 7.92. The fourth-order valence-electron chi connectivity index (χ4n) is 1.94. The van der Waals surface area contributed by atoms with E-state index in [1.807, 2.05) is 22.6 Å². The maximum absolute atomic E-state index is 4.41. The third kappa shape index (κ3) is 4.11. The lowest BCUT2D eigenvalue weighted by molar-refractivity contribution is 0.660. The summed E-state index contributed by atoms with van der Waals surface area (Å²) < 4.78 is 2.04. The average Bonchev–Trinajstić information content (AvgIpc) is 3.17. The Morgan fingerprint density at radius 2 is 2.11 bits per heavy atom. The molecule has 2 aromatic rings. The Labute approximate surface area is 118 Å². The predicted octanol–water partition coefficient (Wildman–Crippen LogP) is 2.93. The molecule has 100 valence electrons. The van der Waals surface area contributed by atoms with E-state index < -0.39 is 0 Å². The van der Waals surface area contributed by atoms with E-state index in [0.29, 0.717) is 0 Å². The van der Waals surface area contributed by atoms with E-state index in [9.17, 15) is 0 Å². The van der Waals surface area contributed by atoms with E-state index in [1.165, 1.54) is 23.3 Å². The highest BCUT2D eigenvalue weighted by Gasteiger charge is 2.20. The van der Waals surface area contributed by atoms with E-state index in [4.69, 9.17) is 0 Å². The van der Waals surface area contributed by atoms with Gasteiger partial charge in [0, 0.05) is 35.0 Å². The zero-order chi connectivity index (χ0) is 12.9. The smallest absolute Gasteiger partial charge is 0.0534 e. The number of aromatic nitrogens is 2. The van der Waals surface area contributed by atoms with Gasteiger partial charge in [-0.05, 0) is 25.0 Å². The van der Waals surface area contributed by atoms with Gasteiger partial charge in [0.15, 0.2) is 0 Å². The molecule has 4 heteroatoms. The first-order valence-corrected chi connectivity index (χ1v) is 7.81. The van der Waals surface area contributed by atoms with Crippen LogP contribution in [-0.4, -0.2) is 21.6 Å². The molecule has 0 aliphatic heterocycles. The minimum Gasteiger partial charge on any atom is -0.310 e. The lowest BCUT2D eigenvalue weighted by atomic mass is 10.3. The van der Waals surface area contributed by atoms with Crippen LogP contribution in [0, 0.1) is 0 Å². The highest BCUT2D eigenvalue weighted by molar-refractivity contribution is 7.99. The molecule has 1 heterocycles. The first kappa shape index (κ1) is 12.8. The van der Waals surface area contributed by atoms with Gasteiger partial charge in [-0.25, -0.2) is 0 Å². The topological polar surface area (TPSA) is 29.9 Å². The Balaban J connectivity index is 1.42. The first-order chi connectivity index (χ1) is 9.40. The molecule has 0 atom stereocenters. The number of benzene rings is 1. The highest BCUT2D eigenvalue weighted by Crippen LogP contribution is 2.19. The molecule has 1 aromatic heterocycles. The molecule has 3 nitrogen and oxygen atoms in total. The first-order valence-electron chi connectivity index (χ1n) is 6.83. The van der Waals surface area contributed by atoms with E-state index in [0.717, 1.165) is 24.9 Å². The van der Waals surface area contributed by atoms with Gasteiger partial charge in [-0.3, -0.25) is 4.68 Å². The summed E-state index contributed by atoms with van der Waals surface area (Å²) in [4.78, 5) is 1.32. The maximum atomic E-state index is 4.41. The molecule has 0 amide bonds. The SMILES string of the molecule is c1ccc(SCCn2cc(CNC3CC3)cn2)cc1. The van der Waals surface area contributed by atoms with Crippen LogP contribution in [0.15, 0.2) is 47.6 Å². The average molecular weight is 273 g/mol. The van der Waals surface area contributed by atoms with Crippen LogP contribution in [-0.2, 0) is 13.1 Å². The number of thioether (sulfide) groups is 1. The Morgan fingerprint density at radius 3 is 2.89 bits per heavy atom. The third-order valence-corrected chi connectivity index (χ3v) is 4.18. The van der Waals surface area contributed by atoms with Crippen molar-refractivity contribution < 1.29 is 0 Å². The highest BCUT2D eigenvalue weighted by atomic mass is 32.2. The summed E-state index contributed by atoms with van der Waals surface area (Å²) >= 11 is 1.88. The summed E-state index contributed by atoms with van der Waals surface area (Å²) in [7, 11) is 0. The van der Waals surface area contributed by atoms with Crippen molar-refractivity contribution in [1.82, 2.24) is 15.1 Å². The molecule has 0 radical (unpaired) electrons. The van der Waals surface area contributed by atoms with Gasteiger partial charge in [-0.1, -0.05) is 18.2 Å². The summed E-state index contributed by atoms with van der Waals surface area (Å²) in [6.45, 7) is 1.92. The van der Waals surface area contributed by atoms with Gasteiger partial charge < -0.3 is 5.32 Å². The molecule has 1 aromatic carbocycles. The van der Waals surface area contributed by atoms with Crippen molar-refractivity contribution in [2.75, 3.05) is 5.75 Å². The Morgan fingerprint density at radius 1 is 1.26 bits per heavy atom. The third-order valence-electron chi connectivity index (χ3n) is 3.19. The van der Waals surface area contributed by atoms with Crippen LogP contribution < -0.4 is 5.32 Å². The summed E-state index contributed by atoms with van der Waals surface area (Å²) in [5.74, 6) is 1.06. The molecule has 1 N–H and O–H groups in total. The molecule has 1 aliphatic rings. The second-order valence-corrected chi connectivity index (χ2v) is 6.10. The van der Waals surface area contributed by atoms with Gasteiger partial charge >= 0.3 is 0 Å². The fraction of sp³-hybridized carbons (Fsp3) is 0.400. The van der Waals surface area contributed by atoms with Crippen molar-refractivity contribution in [3.8, 4) is 0 Å². The largest absolute Gasteiger partial charge is 0.310 e. The molecule has 1 saturated carbocycles. The van der Waals surface area contributed by atoms with Crippen LogP contribution in [0.1, 0.15) is 18.4 Å². The number of nitrogens with one attached hydrogen (secondary N) is 1. The van der Waals surface area contributed by atoms with Gasteiger partial charge in [0.2, 0.25) is 0 Å². The minimum atomic E-state index is 0.761. The van der Waals surface area contributed by atoms with Crippen LogP contribution in [0.3, 0.4) is 0 Å². The molecule has 1 fully saturated rings. The van der Waals surface area contributed by atoms with Crippen LogP contribution in [0.2, 0.25) is 0 Å². The van der Waals surface area contributed by atoms with Crippen molar-refractivity contribution >= 4 is 11.8 Å². The number of hydrogen-bond acceptors (Lipinski definition) is 3. The Bertz CT molecular complexity index is 505. The van der Waals surface area contributed by atoms with Crippen LogP contribution >= 0.6 is 11.8 Å². The van der Waals surface area contributed by atoms with Crippen LogP contribution in [0.4, 0.5) is 0 Å². The zero-order valence-electron chi connectivity index (χ0n) is 11.0. The summed E-state index contributed by atoms with van der Waals surface area (Å²) in [5.41, 5.74) is 1.29. The predicted molar refractivity (Wildman–Crippen MR) is 79.3 cm³/mol.